The van der Waals surface area contributed by atoms with Crippen molar-refractivity contribution in [1.82, 2.24) is 14.7 Å². The van der Waals surface area contributed by atoms with E-state index in [2.05, 4.69) is 14.7 Å². The van der Waals surface area contributed by atoms with Crippen LogP contribution in [-0.4, -0.2) is 15.3 Å². The Morgan fingerprint density at radius 1 is 1.17 bits per heavy atom. The molecule has 2 heterocycles. The molecule has 1 unspecified atom stereocenters. The third-order valence-corrected chi connectivity index (χ3v) is 4.67. The van der Waals surface area contributed by atoms with Gasteiger partial charge in [-0.05, 0) is 43.1 Å². The van der Waals surface area contributed by atoms with Crippen molar-refractivity contribution in [2.45, 2.75) is 19.9 Å². The lowest BCUT2D eigenvalue weighted by Gasteiger charge is -2.14. The normalized spacial score (nSPS) is 11.9. The number of benzene rings is 1. The van der Waals surface area contributed by atoms with Crippen LogP contribution in [0.1, 0.15) is 33.8 Å². The van der Waals surface area contributed by atoms with Crippen LogP contribution >= 0.6 is 11.5 Å². The molecule has 122 valence electrons. The summed E-state index contributed by atoms with van der Waals surface area (Å²) < 4.78 is 4.33. The number of aryl methyl sites for hydroxylation is 1. The highest BCUT2D eigenvalue weighted by molar-refractivity contribution is 7.09. The van der Waals surface area contributed by atoms with E-state index in [1.54, 1.807) is 12.4 Å². The lowest BCUT2D eigenvalue weighted by atomic mass is 10.1. The van der Waals surface area contributed by atoms with Gasteiger partial charge in [-0.15, -0.1) is 0 Å². The van der Waals surface area contributed by atoms with E-state index in [0.717, 1.165) is 22.7 Å². The third kappa shape index (κ3) is 3.28. The summed E-state index contributed by atoms with van der Waals surface area (Å²) in [5.41, 5.74) is 10.2. The third-order valence-electron chi connectivity index (χ3n) is 3.81. The van der Waals surface area contributed by atoms with Gasteiger partial charge in [0.05, 0.1) is 11.7 Å². The first-order valence-corrected chi connectivity index (χ1v) is 8.36. The van der Waals surface area contributed by atoms with Crippen LogP contribution < -0.4 is 11.1 Å². The Hall–Kier alpha value is -2.73. The molecule has 5 nitrogen and oxygen atoms in total. The van der Waals surface area contributed by atoms with E-state index >= 15 is 0 Å². The smallest absolute Gasteiger partial charge is 0.265 e. The van der Waals surface area contributed by atoms with Crippen molar-refractivity contribution in [2.24, 2.45) is 0 Å². The zero-order valence-corrected chi connectivity index (χ0v) is 14.3. The van der Waals surface area contributed by atoms with Gasteiger partial charge in [0.2, 0.25) is 0 Å². The second kappa shape index (κ2) is 6.80. The molecule has 1 atom stereocenters. The van der Waals surface area contributed by atoms with E-state index in [4.69, 9.17) is 5.73 Å². The number of carbonyl (C=O) groups excluding carboxylic acids is 1. The predicted molar refractivity (Wildman–Crippen MR) is 96.8 cm³/mol. The van der Waals surface area contributed by atoms with Gasteiger partial charge in [-0.1, -0.05) is 29.8 Å². The van der Waals surface area contributed by atoms with Crippen LogP contribution in [-0.2, 0) is 0 Å². The highest BCUT2D eigenvalue weighted by atomic mass is 32.1. The Bertz CT molecular complexity index is 843. The molecule has 3 N–H and O–H groups in total. The molecule has 0 fully saturated rings. The van der Waals surface area contributed by atoms with Gasteiger partial charge in [0.25, 0.3) is 5.91 Å². The Morgan fingerprint density at radius 2 is 1.83 bits per heavy atom. The van der Waals surface area contributed by atoms with Crippen molar-refractivity contribution in [1.29, 1.82) is 0 Å². The number of amides is 1. The summed E-state index contributed by atoms with van der Waals surface area (Å²) in [6, 6.07) is 11.6. The monoisotopic (exact) mass is 338 g/mol. The van der Waals surface area contributed by atoms with Gasteiger partial charge in [-0.2, -0.15) is 4.37 Å². The summed E-state index contributed by atoms with van der Waals surface area (Å²) in [4.78, 5) is 16.9. The second-order valence-corrected chi connectivity index (χ2v) is 6.39. The molecule has 0 saturated carbocycles. The molecule has 0 aliphatic rings. The number of pyridine rings is 1. The zero-order chi connectivity index (χ0) is 17.1. The van der Waals surface area contributed by atoms with Crippen molar-refractivity contribution in [3.8, 4) is 11.3 Å². The van der Waals surface area contributed by atoms with Crippen LogP contribution in [0.5, 0.6) is 0 Å². The maximum absolute atomic E-state index is 12.5. The fourth-order valence-corrected chi connectivity index (χ4v) is 3.10. The number of hydrogen-bond donors (Lipinski definition) is 2. The van der Waals surface area contributed by atoms with E-state index < -0.39 is 0 Å². The Labute approximate surface area is 144 Å². The molecule has 0 aliphatic carbocycles. The van der Waals surface area contributed by atoms with E-state index in [9.17, 15) is 4.79 Å². The molecule has 3 aromatic rings. The van der Waals surface area contributed by atoms with Crippen LogP contribution in [0.4, 0.5) is 5.69 Å². The second-order valence-electron chi connectivity index (χ2n) is 5.62. The molecule has 0 spiro atoms. The number of nitrogen functional groups attached to an aromatic ring is 1. The minimum absolute atomic E-state index is 0.107. The van der Waals surface area contributed by atoms with E-state index in [1.807, 2.05) is 50.2 Å². The number of hydrogen-bond acceptors (Lipinski definition) is 5. The molecule has 1 amide bonds. The standard InChI is InChI=1S/C18H18N4OS/c1-11-3-5-13(6-4-11)12(2)21-18(23)17-15(19)16(22-24-17)14-7-9-20-10-8-14/h3-10,12H,19H2,1-2H3,(H,21,23). The lowest BCUT2D eigenvalue weighted by molar-refractivity contribution is 0.0945. The van der Waals surface area contributed by atoms with Crippen LogP contribution in [0, 0.1) is 6.92 Å². The fraction of sp³-hybridized carbons (Fsp3) is 0.167. The number of rotatable bonds is 4. The minimum atomic E-state index is -0.210. The van der Waals surface area contributed by atoms with Crippen LogP contribution in [0.15, 0.2) is 48.8 Å². The molecule has 2 aromatic heterocycles. The average molecular weight is 338 g/mol. The fourth-order valence-electron chi connectivity index (χ4n) is 2.38. The van der Waals surface area contributed by atoms with E-state index in [1.165, 1.54) is 5.56 Å². The van der Waals surface area contributed by atoms with Crippen molar-refractivity contribution >= 4 is 23.1 Å². The topological polar surface area (TPSA) is 80.9 Å². The summed E-state index contributed by atoms with van der Waals surface area (Å²) in [7, 11) is 0. The summed E-state index contributed by atoms with van der Waals surface area (Å²) >= 11 is 1.11. The summed E-state index contributed by atoms with van der Waals surface area (Å²) in [5, 5.41) is 2.98. The molecule has 0 saturated heterocycles. The average Bonchev–Trinajstić information content (AvgIpc) is 2.98. The number of nitrogens with one attached hydrogen (secondary N) is 1. The quantitative estimate of drug-likeness (QED) is 0.762. The first-order valence-electron chi connectivity index (χ1n) is 7.59. The molecule has 0 bridgehead atoms. The molecular weight excluding hydrogens is 320 g/mol. The predicted octanol–water partition coefficient (Wildman–Crippen LogP) is 3.59. The largest absolute Gasteiger partial charge is 0.396 e. The number of anilines is 1. The first-order chi connectivity index (χ1) is 11.6. The number of aromatic nitrogens is 2. The first kappa shape index (κ1) is 16.1. The molecule has 1 aromatic carbocycles. The summed E-state index contributed by atoms with van der Waals surface area (Å²) in [5.74, 6) is -0.210. The molecule has 3 rings (SSSR count). The van der Waals surface area contributed by atoms with Gasteiger partial charge in [-0.25, -0.2) is 0 Å². The van der Waals surface area contributed by atoms with Crippen LogP contribution in [0.25, 0.3) is 11.3 Å². The van der Waals surface area contributed by atoms with Crippen LogP contribution in [0.3, 0.4) is 0 Å². The van der Waals surface area contributed by atoms with Crippen LogP contribution in [0.2, 0.25) is 0 Å². The molecule has 0 radical (unpaired) electrons. The van der Waals surface area contributed by atoms with Gasteiger partial charge >= 0.3 is 0 Å². The number of nitrogens with two attached hydrogens (primary N) is 1. The minimum Gasteiger partial charge on any atom is -0.396 e. The maximum atomic E-state index is 12.5. The van der Waals surface area contributed by atoms with Gasteiger partial charge in [-0.3, -0.25) is 9.78 Å². The lowest BCUT2D eigenvalue weighted by Crippen LogP contribution is -2.26. The summed E-state index contributed by atoms with van der Waals surface area (Å²) in [6.45, 7) is 3.98. The Balaban J connectivity index is 1.78. The Morgan fingerprint density at radius 3 is 2.50 bits per heavy atom. The van der Waals surface area contributed by atoms with E-state index in [0.29, 0.717) is 16.3 Å². The van der Waals surface area contributed by atoms with E-state index in [-0.39, 0.29) is 11.9 Å². The van der Waals surface area contributed by atoms with Gasteiger partial charge in [0, 0.05) is 18.0 Å². The Kier molecular flexibility index (Phi) is 4.57. The van der Waals surface area contributed by atoms with Gasteiger partial charge in [0.1, 0.15) is 10.6 Å². The molecule has 0 aliphatic heterocycles. The maximum Gasteiger partial charge on any atom is 0.265 e. The number of carbonyl (C=O) groups is 1. The van der Waals surface area contributed by atoms with Crippen molar-refractivity contribution in [2.75, 3.05) is 5.73 Å². The SMILES string of the molecule is Cc1ccc(C(C)NC(=O)c2snc(-c3ccncc3)c2N)cc1. The number of nitrogens with zero attached hydrogens (tertiary/aromatic N) is 2. The highest BCUT2D eigenvalue weighted by Gasteiger charge is 2.20. The van der Waals surface area contributed by atoms with Crippen molar-refractivity contribution in [3.63, 3.8) is 0 Å². The van der Waals surface area contributed by atoms with Gasteiger partial charge < -0.3 is 11.1 Å². The summed E-state index contributed by atoms with van der Waals surface area (Å²) in [6.07, 6.45) is 3.35. The van der Waals surface area contributed by atoms with Gasteiger partial charge in [0.15, 0.2) is 0 Å². The van der Waals surface area contributed by atoms with Crippen molar-refractivity contribution in [3.05, 3.63) is 64.8 Å². The van der Waals surface area contributed by atoms with Crippen molar-refractivity contribution < 1.29 is 4.79 Å². The molecular formula is C18H18N4OS. The molecule has 6 heteroatoms. The zero-order valence-electron chi connectivity index (χ0n) is 13.5. The molecule has 24 heavy (non-hydrogen) atoms. The highest BCUT2D eigenvalue weighted by Crippen LogP contribution is 2.30.